The monoisotopic (exact) mass is 347 g/mol. The number of sulfone groups is 1. The summed E-state index contributed by atoms with van der Waals surface area (Å²) in [5.41, 5.74) is 0. The van der Waals surface area contributed by atoms with Crippen molar-refractivity contribution in [3.8, 4) is 0 Å². The lowest BCUT2D eigenvalue weighted by Gasteiger charge is -2.31. The van der Waals surface area contributed by atoms with Crippen LogP contribution < -0.4 is 0 Å². The van der Waals surface area contributed by atoms with Gasteiger partial charge in [-0.2, -0.15) is 0 Å². The lowest BCUT2D eigenvalue weighted by molar-refractivity contribution is -0.151. The van der Waals surface area contributed by atoms with E-state index in [1.807, 2.05) is 0 Å². The summed E-state index contributed by atoms with van der Waals surface area (Å²) in [6.07, 6.45) is 1.18. The standard InChI is InChI=1S/C15H25NO6S/c1-11(2)21-15(18)16-6-3-13(4-7-16)22-14(17)9-12-5-8-23(19,20)10-12/h11-13H,3-10H2,1-2H3. The number of nitrogens with zero attached hydrogens (tertiary/aromatic N) is 1. The Morgan fingerprint density at radius 1 is 1.17 bits per heavy atom. The predicted octanol–water partition coefficient (Wildman–Crippen LogP) is 1.36. The van der Waals surface area contributed by atoms with Gasteiger partial charge in [-0.15, -0.1) is 0 Å². The first kappa shape index (κ1) is 18.0. The third kappa shape index (κ3) is 5.67. The van der Waals surface area contributed by atoms with Crippen molar-refractivity contribution in [2.24, 2.45) is 5.92 Å². The minimum absolute atomic E-state index is 0.0849. The number of piperidine rings is 1. The van der Waals surface area contributed by atoms with Crippen LogP contribution in [0.25, 0.3) is 0 Å². The van der Waals surface area contributed by atoms with Gasteiger partial charge in [0.15, 0.2) is 9.84 Å². The SMILES string of the molecule is CC(C)OC(=O)N1CCC(OC(=O)CC2CCS(=O)(=O)C2)CC1. The number of likely N-dealkylation sites (tertiary alicyclic amines) is 1. The maximum atomic E-state index is 11.9. The first-order valence-corrected chi connectivity index (χ1v) is 9.93. The van der Waals surface area contributed by atoms with E-state index in [0.717, 1.165) is 0 Å². The summed E-state index contributed by atoms with van der Waals surface area (Å²) in [5, 5.41) is 0. The molecular weight excluding hydrogens is 322 g/mol. The molecule has 23 heavy (non-hydrogen) atoms. The van der Waals surface area contributed by atoms with Crippen molar-refractivity contribution in [1.29, 1.82) is 0 Å². The number of carbonyl (C=O) groups is 2. The van der Waals surface area contributed by atoms with Crippen molar-refractivity contribution in [2.75, 3.05) is 24.6 Å². The minimum Gasteiger partial charge on any atom is -0.462 e. The molecule has 7 nitrogen and oxygen atoms in total. The van der Waals surface area contributed by atoms with E-state index in [-0.39, 0.29) is 48.1 Å². The summed E-state index contributed by atoms with van der Waals surface area (Å²) in [6.45, 7) is 4.61. The Morgan fingerprint density at radius 3 is 2.35 bits per heavy atom. The molecule has 0 aromatic heterocycles. The van der Waals surface area contributed by atoms with Crippen molar-refractivity contribution < 1.29 is 27.5 Å². The van der Waals surface area contributed by atoms with Gasteiger partial charge < -0.3 is 14.4 Å². The van der Waals surface area contributed by atoms with Gasteiger partial charge in [0, 0.05) is 32.4 Å². The Balaban J connectivity index is 1.70. The third-order valence-electron chi connectivity index (χ3n) is 4.12. The molecule has 0 radical (unpaired) electrons. The average molecular weight is 347 g/mol. The molecular formula is C15H25NO6S. The second-order valence-electron chi connectivity index (χ2n) is 6.58. The molecule has 0 aromatic rings. The van der Waals surface area contributed by atoms with Crippen LogP contribution in [-0.2, 0) is 24.1 Å². The van der Waals surface area contributed by atoms with Crippen LogP contribution >= 0.6 is 0 Å². The van der Waals surface area contributed by atoms with Crippen LogP contribution in [0.2, 0.25) is 0 Å². The van der Waals surface area contributed by atoms with Gasteiger partial charge in [0.25, 0.3) is 0 Å². The fourth-order valence-corrected chi connectivity index (χ4v) is 4.80. The van der Waals surface area contributed by atoms with Crippen LogP contribution in [-0.4, -0.2) is 62.2 Å². The second kappa shape index (κ2) is 7.51. The van der Waals surface area contributed by atoms with Crippen molar-refractivity contribution in [3.05, 3.63) is 0 Å². The Labute approximate surface area is 137 Å². The van der Waals surface area contributed by atoms with Gasteiger partial charge in [0.2, 0.25) is 0 Å². The lowest BCUT2D eigenvalue weighted by Crippen LogP contribution is -2.42. The summed E-state index contributed by atoms with van der Waals surface area (Å²) < 4.78 is 33.3. The zero-order chi connectivity index (χ0) is 17.0. The highest BCUT2D eigenvalue weighted by Crippen LogP contribution is 2.23. The van der Waals surface area contributed by atoms with Gasteiger partial charge in [-0.25, -0.2) is 13.2 Å². The molecule has 132 valence electrons. The molecule has 0 aliphatic carbocycles. The highest BCUT2D eigenvalue weighted by atomic mass is 32.2. The summed E-state index contributed by atoms with van der Waals surface area (Å²) in [7, 11) is -2.97. The average Bonchev–Trinajstić information content (AvgIpc) is 2.77. The zero-order valence-electron chi connectivity index (χ0n) is 13.7. The Kier molecular flexibility index (Phi) is 5.89. The smallest absolute Gasteiger partial charge is 0.410 e. The van der Waals surface area contributed by atoms with E-state index in [0.29, 0.717) is 32.4 Å². The number of hydrogen-bond acceptors (Lipinski definition) is 6. The van der Waals surface area contributed by atoms with E-state index in [4.69, 9.17) is 9.47 Å². The predicted molar refractivity (Wildman–Crippen MR) is 83.7 cm³/mol. The third-order valence-corrected chi connectivity index (χ3v) is 5.95. The minimum atomic E-state index is -2.97. The summed E-state index contributed by atoms with van der Waals surface area (Å²) in [5.74, 6) is -0.202. The maximum absolute atomic E-state index is 11.9. The fraction of sp³-hybridized carbons (Fsp3) is 0.867. The van der Waals surface area contributed by atoms with E-state index in [1.54, 1.807) is 18.7 Å². The molecule has 2 aliphatic rings. The first-order chi connectivity index (χ1) is 10.7. The molecule has 0 spiro atoms. The van der Waals surface area contributed by atoms with Crippen molar-refractivity contribution in [2.45, 2.75) is 51.7 Å². The number of ether oxygens (including phenoxy) is 2. The highest BCUT2D eigenvalue weighted by molar-refractivity contribution is 7.91. The van der Waals surface area contributed by atoms with E-state index in [9.17, 15) is 18.0 Å². The van der Waals surface area contributed by atoms with Crippen molar-refractivity contribution in [1.82, 2.24) is 4.90 Å². The number of carbonyl (C=O) groups excluding carboxylic acids is 2. The molecule has 1 amide bonds. The van der Waals surface area contributed by atoms with Crippen LogP contribution in [0.4, 0.5) is 4.79 Å². The van der Waals surface area contributed by atoms with Crippen molar-refractivity contribution >= 4 is 21.9 Å². The van der Waals surface area contributed by atoms with Crippen LogP contribution in [0.5, 0.6) is 0 Å². The van der Waals surface area contributed by atoms with Gasteiger partial charge in [-0.3, -0.25) is 4.79 Å². The van der Waals surface area contributed by atoms with Crippen LogP contribution in [0.15, 0.2) is 0 Å². The van der Waals surface area contributed by atoms with Gasteiger partial charge in [-0.1, -0.05) is 0 Å². The molecule has 1 atom stereocenters. The van der Waals surface area contributed by atoms with Crippen LogP contribution in [0, 0.1) is 5.92 Å². The number of esters is 1. The van der Waals surface area contributed by atoms with Gasteiger partial charge in [-0.05, 0) is 26.2 Å². The van der Waals surface area contributed by atoms with Crippen molar-refractivity contribution in [3.63, 3.8) is 0 Å². The quantitative estimate of drug-likeness (QED) is 0.713. The zero-order valence-corrected chi connectivity index (χ0v) is 14.5. The second-order valence-corrected chi connectivity index (χ2v) is 8.81. The fourth-order valence-electron chi connectivity index (χ4n) is 2.94. The van der Waals surface area contributed by atoms with E-state index in [1.165, 1.54) is 0 Å². The molecule has 0 aromatic carbocycles. The topological polar surface area (TPSA) is 90.0 Å². The normalized spacial score (nSPS) is 24.7. The summed E-state index contributed by atoms with van der Waals surface area (Å²) >= 11 is 0. The molecule has 1 unspecified atom stereocenters. The van der Waals surface area contributed by atoms with Gasteiger partial charge >= 0.3 is 12.1 Å². The van der Waals surface area contributed by atoms with E-state index < -0.39 is 9.84 Å². The molecule has 2 aliphatic heterocycles. The largest absolute Gasteiger partial charge is 0.462 e. The molecule has 0 bridgehead atoms. The lowest BCUT2D eigenvalue weighted by atomic mass is 10.1. The van der Waals surface area contributed by atoms with Crippen LogP contribution in [0.3, 0.4) is 0 Å². The van der Waals surface area contributed by atoms with E-state index >= 15 is 0 Å². The molecule has 2 rings (SSSR count). The Morgan fingerprint density at radius 2 is 1.83 bits per heavy atom. The molecule has 8 heteroatoms. The molecule has 2 heterocycles. The van der Waals surface area contributed by atoms with E-state index in [2.05, 4.69) is 0 Å². The molecule has 2 saturated heterocycles. The highest BCUT2D eigenvalue weighted by Gasteiger charge is 2.31. The molecule has 0 N–H and O–H groups in total. The molecule has 2 fully saturated rings. The molecule has 0 saturated carbocycles. The maximum Gasteiger partial charge on any atom is 0.410 e. The Bertz CT molecular complexity index is 536. The van der Waals surface area contributed by atoms with Crippen LogP contribution in [0.1, 0.15) is 39.5 Å². The van der Waals surface area contributed by atoms with Gasteiger partial charge in [0.05, 0.1) is 17.6 Å². The number of rotatable bonds is 4. The summed E-state index contributed by atoms with van der Waals surface area (Å²) in [6, 6.07) is 0. The van der Waals surface area contributed by atoms with Gasteiger partial charge in [0.1, 0.15) is 6.10 Å². The number of amides is 1. The Hall–Kier alpha value is -1.31. The first-order valence-electron chi connectivity index (χ1n) is 8.10. The summed E-state index contributed by atoms with van der Waals surface area (Å²) in [4.78, 5) is 25.3. The number of hydrogen-bond donors (Lipinski definition) is 0.